The first-order valence-electron chi connectivity index (χ1n) is 2.69. The van der Waals surface area contributed by atoms with E-state index in [1.165, 1.54) is 0 Å². The number of nitriles is 1. The molecule has 0 saturated carbocycles. The first kappa shape index (κ1) is 7.15. The number of hydrogen-bond donors (Lipinski definition) is 1. The molecule has 54 valence electrons. The number of nitrogens with zero attached hydrogens (tertiary/aromatic N) is 3. The molecule has 0 amide bonds. The summed E-state index contributed by atoms with van der Waals surface area (Å²) in [5.74, 6) is -1.13. The van der Waals surface area contributed by atoms with E-state index in [-0.39, 0.29) is 11.4 Å². The van der Waals surface area contributed by atoms with Gasteiger partial charge in [0.15, 0.2) is 0 Å². The molecule has 0 bridgehead atoms. The maximum Gasteiger partial charge on any atom is 0.338 e. The highest BCUT2D eigenvalue weighted by atomic mass is 16.4. The van der Waals surface area contributed by atoms with Crippen LogP contribution in [0.2, 0.25) is 0 Å². The fraction of sp³-hybridized carbons (Fsp3) is 0. The Kier molecular flexibility index (Phi) is 1.79. The van der Waals surface area contributed by atoms with Gasteiger partial charge in [0.1, 0.15) is 6.07 Å². The SMILES string of the molecule is N#Cc1ncc(C(=O)O)cn1. The maximum absolute atomic E-state index is 10.2. The largest absolute Gasteiger partial charge is 0.478 e. The van der Waals surface area contributed by atoms with E-state index >= 15 is 0 Å². The highest BCUT2D eigenvalue weighted by Crippen LogP contribution is 1.93. The van der Waals surface area contributed by atoms with Crippen molar-refractivity contribution in [3.63, 3.8) is 0 Å². The fourth-order valence-electron chi connectivity index (χ4n) is 0.496. The average molecular weight is 149 g/mol. The van der Waals surface area contributed by atoms with Crippen LogP contribution in [0.4, 0.5) is 0 Å². The Hall–Kier alpha value is -1.96. The van der Waals surface area contributed by atoms with Crippen LogP contribution in [0.25, 0.3) is 0 Å². The summed E-state index contributed by atoms with van der Waals surface area (Å²) in [4.78, 5) is 17.2. The third kappa shape index (κ3) is 1.49. The number of carboxylic acids is 1. The number of aromatic carboxylic acids is 1. The van der Waals surface area contributed by atoms with Crippen molar-refractivity contribution in [2.24, 2.45) is 0 Å². The lowest BCUT2D eigenvalue weighted by Crippen LogP contribution is -1.99. The molecular formula is C6H3N3O2. The van der Waals surface area contributed by atoms with Gasteiger partial charge in [-0.1, -0.05) is 0 Å². The Morgan fingerprint density at radius 2 is 2.09 bits per heavy atom. The zero-order valence-corrected chi connectivity index (χ0v) is 5.35. The van der Waals surface area contributed by atoms with Crippen molar-refractivity contribution in [3.05, 3.63) is 23.8 Å². The predicted molar refractivity (Wildman–Crippen MR) is 33.7 cm³/mol. The number of carboxylic acid groups (broad SMARTS) is 1. The zero-order chi connectivity index (χ0) is 8.27. The minimum Gasteiger partial charge on any atom is -0.478 e. The summed E-state index contributed by atoms with van der Waals surface area (Å²) in [6.45, 7) is 0. The first-order valence-corrected chi connectivity index (χ1v) is 2.69. The highest BCUT2D eigenvalue weighted by Gasteiger charge is 2.02. The van der Waals surface area contributed by atoms with Crippen molar-refractivity contribution in [2.45, 2.75) is 0 Å². The van der Waals surface area contributed by atoms with Crippen molar-refractivity contribution in [1.82, 2.24) is 9.97 Å². The molecular weight excluding hydrogens is 146 g/mol. The Morgan fingerprint density at radius 3 is 2.45 bits per heavy atom. The highest BCUT2D eigenvalue weighted by molar-refractivity contribution is 5.86. The first-order chi connectivity index (χ1) is 5.24. The van der Waals surface area contributed by atoms with Gasteiger partial charge >= 0.3 is 5.97 Å². The molecule has 11 heavy (non-hydrogen) atoms. The summed E-state index contributed by atoms with van der Waals surface area (Å²) < 4.78 is 0. The molecule has 1 aromatic rings. The van der Waals surface area contributed by atoms with E-state index in [1.54, 1.807) is 6.07 Å². The lowest BCUT2D eigenvalue weighted by Gasteiger charge is -1.89. The molecule has 0 radical (unpaired) electrons. The van der Waals surface area contributed by atoms with Crippen LogP contribution in [0.5, 0.6) is 0 Å². The number of hydrogen-bond acceptors (Lipinski definition) is 4. The van der Waals surface area contributed by atoms with E-state index in [4.69, 9.17) is 10.4 Å². The standard InChI is InChI=1S/C6H3N3O2/c7-1-5-8-2-4(3-9-5)6(10)11/h2-3H,(H,10,11). The van der Waals surface area contributed by atoms with Crippen molar-refractivity contribution in [3.8, 4) is 6.07 Å². The zero-order valence-electron chi connectivity index (χ0n) is 5.35. The molecule has 0 spiro atoms. The topological polar surface area (TPSA) is 86.9 Å². The quantitative estimate of drug-likeness (QED) is 0.609. The van der Waals surface area contributed by atoms with Crippen LogP contribution in [-0.4, -0.2) is 21.0 Å². The van der Waals surface area contributed by atoms with Gasteiger partial charge in [-0.05, 0) is 0 Å². The molecule has 1 rings (SSSR count). The van der Waals surface area contributed by atoms with Gasteiger partial charge in [0.2, 0.25) is 5.82 Å². The molecule has 0 saturated heterocycles. The summed E-state index contributed by atoms with van der Waals surface area (Å²) >= 11 is 0. The van der Waals surface area contributed by atoms with Crippen LogP contribution in [0.3, 0.4) is 0 Å². The van der Waals surface area contributed by atoms with E-state index < -0.39 is 5.97 Å². The second kappa shape index (κ2) is 2.75. The smallest absolute Gasteiger partial charge is 0.338 e. The van der Waals surface area contributed by atoms with E-state index in [0.29, 0.717) is 0 Å². The van der Waals surface area contributed by atoms with Crippen LogP contribution < -0.4 is 0 Å². The summed E-state index contributed by atoms with van der Waals surface area (Å²) in [5.41, 5.74) is -0.0241. The Balaban J connectivity index is 3.03. The normalized spacial score (nSPS) is 8.64. The van der Waals surface area contributed by atoms with Crippen LogP contribution >= 0.6 is 0 Å². The molecule has 0 unspecified atom stereocenters. The average Bonchev–Trinajstić information content (AvgIpc) is 2.05. The second-order valence-electron chi connectivity index (χ2n) is 1.71. The molecule has 0 aliphatic carbocycles. The summed E-state index contributed by atoms with van der Waals surface area (Å²) in [7, 11) is 0. The molecule has 0 aliphatic heterocycles. The Morgan fingerprint density at radius 1 is 1.55 bits per heavy atom. The van der Waals surface area contributed by atoms with Crippen LogP contribution in [0, 0.1) is 11.3 Å². The van der Waals surface area contributed by atoms with Gasteiger partial charge in [-0.3, -0.25) is 0 Å². The van der Waals surface area contributed by atoms with E-state index in [9.17, 15) is 4.79 Å². The van der Waals surface area contributed by atoms with Crippen molar-refractivity contribution >= 4 is 5.97 Å². The summed E-state index contributed by atoms with van der Waals surface area (Å²) in [6.07, 6.45) is 2.18. The number of aromatic nitrogens is 2. The van der Waals surface area contributed by atoms with Crippen LogP contribution in [0.1, 0.15) is 16.2 Å². The molecule has 0 fully saturated rings. The van der Waals surface area contributed by atoms with Gasteiger partial charge in [0.25, 0.3) is 0 Å². The van der Waals surface area contributed by atoms with Gasteiger partial charge < -0.3 is 5.11 Å². The van der Waals surface area contributed by atoms with Crippen LogP contribution in [-0.2, 0) is 0 Å². The van der Waals surface area contributed by atoms with E-state index in [2.05, 4.69) is 9.97 Å². The van der Waals surface area contributed by atoms with Crippen molar-refractivity contribution in [2.75, 3.05) is 0 Å². The number of rotatable bonds is 1. The Bertz CT molecular complexity index is 312. The monoisotopic (exact) mass is 149 g/mol. The van der Waals surface area contributed by atoms with Gasteiger partial charge in [0, 0.05) is 12.4 Å². The minimum atomic E-state index is -1.10. The van der Waals surface area contributed by atoms with Crippen molar-refractivity contribution < 1.29 is 9.90 Å². The molecule has 5 heteroatoms. The molecule has 1 N–H and O–H groups in total. The fourth-order valence-corrected chi connectivity index (χ4v) is 0.496. The summed E-state index contributed by atoms with van der Waals surface area (Å²) in [6, 6.07) is 1.68. The predicted octanol–water partition coefficient (Wildman–Crippen LogP) is 0.0465. The van der Waals surface area contributed by atoms with Crippen molar-refractivity contribution in [1.29, 1.82) is 5.26 Å². The summed E-state index contributed by atoms with van der Waals surface area (Å²) in [5, 5.41) is 16.6. The minimum absolute atomic E-state index is 0.0241. The molecule has 0 aliphatic rings. The van der Waals surface area contributed by atoms with Gasteiger partial charge in [-0.25, -0.2) is 14.8 Å². The lowest BCUT2D eigenvalue weighted by atomic mass is 10.3. The molecule has 0 aromatic carbocycles. The molecule has 1 aromatic heterocycles. The van der Waals surface area contributed by atoms with E-state index in [1.807, 2.05) is 0 Å². The second-order valence-corrected chi connectivity index (χ2v) is 1.71. The van der Waals surface area contributed by atoms with Gasteiger partial charge in [0.05, 0.1) is 5.56 Å². The molecule has 1 heterocycles. The lowest BCUT2D eigenvalue weighted by molar-refractivity contribution is 0.0696. The third-order valence-corrected chi connectivity index (χ3v) is 0.999. The maximum atomic E-state index is 10.2. The molecule has 0 atom stereocenters. The number of carbonyl (C=O) groups is 1. The van der Waals surface area contributed by atoms with E-state index in [0.717, 1.165) is 12.4 Å². The van der Waals surface area contributed by atoms with Gasteiger partial charge in [-0.15, -0.1) is 0 Å². The Labute approximate surface area is 61.9 Å². The third-order valence-electron chi connectivity index (χ3n) is 0.999. The molecule has 5 nitrogen and oxygen atoms in total. The van der Waals surface area contributed by atoms with Gasteiger partial charge in [-0.2, -0.15) is 5.26 Å². The van der Waals surface area contributed by atoms with Crippen LogP contribution in [0.15, 0.2) is 12.4 Å².